The molecule has 2 N–H and O–H groups in total. The Labute approximate surface area is 179 Å². The fourth-order valence-electron chi connectivity index (χ4n) is 3.37. The first-order valence-corrected chi connectivity index (χ1v) is 12.1. The molecule has 0 aromatic heterocycles. The van der Waals surface area contributed by atoms with Gasteiger partial charge >= 0.3 is 5.97 Å². The fourth-order valence-corrected chi connectivity index (χ4v) is 3.37. The maximum atomic E-state index is 12.1. The predicted octanol–water partition coefficient (Wildman–Crippen LogP) is 5.53. The van der Waals surface area contributed by atoms with Gasteiger partial charge in [-0.2, -0.15) is 0 Å². The first-order valence-electron chi connectivity index (χ1n) is 12.1. The zero-order valence-electron chi connectivity index (χ0n) is 19.3. The summed E-state index contributed by atoms with van der Waals surface area (Å²) in [5, 5.41) is 11.6. The van der Waals surface area contributed by atoms with E-state index >= 15 is 0 Å². The van der Waals surface area contributed by atoms with Gasteiger partial charge in [-0.3, -0.25) is 4.79 Å². The molecule has 0 aromatic rings. The molecular weight excluding hydrogens is 366 g/mol. The summed E-state index contributed by atoms with van der Waals surface area (Å²) >= 11 is 0. The lowest BCUT2D eigenvalue weighted by Crippen LogP contribution is -2.45. The second kappa shape index (κ2) is 20.2. The second-order valence-corrected chi connectivity index (χ2v) is 8.53. The molecule has 0 fully saturated rings. The zero-order valence-corrected chi connectivity index (χ0v) is 19.3. The summed E-state index contributed by atoms with van der Waals surface area (Å²) in [7, 11) is 0. The summed E-state index contributed by atoms with van der Waals surface area (Å²) in [5.41, 5.74) is 0. The quantitative estimate of drug-likeness (QED) is 0.203. The molecule has 0 heterocycles. The van der Waals surface area contributed by atoms with Crippen LogP contribution in [0.3, 0.4) is 0 Å². The third-order valence-electron chi connectivity index (χ3n) is 5.29. The van der Waals surface area contributed by atoms with Crippen LogP contribution in [0, 0.1) is 5.92 Å². The van der Waals surface area contributed by atoms with Crippen molar-refractivity contribution in [3.05, 3.63) is 0 Å². The van der Waals surface area contributed by atoms with Crippen LogP contribution in [0.25, 0.3) is 0 Å². The van der Waals surface area contributed by atoms with Gasteiger partial charge in [-0.05, 0) is 12.3 Å². The van der Waals surface area contributed by atoms with Crippen molar-refractivity contribution in [3.8, 4) is 0 Å². The number of aliphatic hydroxyl groups is 1. The van der Waals surface area contributed by atoms with Crippen molar-refractivity contribution < 1.29 is 19.4 Å². The lowest BCUT2D eigenvalue weighted by Gasteiger charge is -2.20. The molecule has 0 radical (unpaired) electrons. The number of esters is 1. The molecule has 1 amide bonds. The molecule has 0 rings (SSSR count). The molecule has 1 atom stereocenters. The monoisotopic (exact) mass is 413 g/mol. The minimum atomic E-state index is -0.608. The average Bonchev–Trinajstić information content (AvgIpc) is 2.69. The van der Waals surface area contributed by atoms with E-state index in [2.05, 4.69) is 12.2 Å². The number of hydrogen-bond donors (Lipinski definition) is 2. The Morgan fingerprint density at radius 2 is 1.28 bits per heavy atom. The molecule has 0 spiro atoms. The van der Waals surface area contributed by atoms with Crippen LogP contribution in [0.1, 0.15) is 117 Å². The number of unbranched alkanes of at least 4 members (excludes halogenated alkanes) is 12. The number of ether oxygens (including phenoxy) is 1. The Morgan fingerprint density at radius 3 is 1.72 bits per heavy atom. The normalized spacial score (nSPS) is 12.2. The van der Waals surface area contributed by atoms with E-state index in [1.54, 1.807) is 0 Å². The van der Waals surface area contributed by atoms with Gasteiger partial charge in [-0.15, -0.1) is 0 Å². The van der Waals surface area contributed by atoms with Crippen LogP contribution >= 0.6 is 0 Å². The topological polar surface area (TPSA) is 75.6 Å². The van der Waals surface area contributed by atoms with Gasteiger partial charge in [0, 0.05) is 19.4 Å². The molecule has 172 valence electrons. The van der Waals surface area contributed by atoms with Crippen molar-refractivity contribution in [2.75, 3.05) is 13.2 Å². The van der Waals surface area contributed by atoms with Gasteiger partial charge in [0.2, 0.25) is 5.91 Å². The summed E-state index contributed by atoms with van der Waals surface area (Å²) in [6.07, 6.45) is 17.5. The maximum absolute atomic E-state index is 12.1. The highest BCUT2D eigenvalue weighted by Gasteiger charge is 2.25. The molecule has 1 unspecified atom stereocenters. The van der Waals surface area contributed by atoms with E-state index in [0.29, 0.717) is 12.8 Å². The molecule has 0 saturated carbocycles. The van der Waals surface area contributed by atoms with Crippen molar-refractivity contribution in [1.29, 1.82) is 0 Å². The van der Waals surface area contributed by atoms with Crippen molar-refractivity contribution in [1.82, 2.24) is 5.32 Å². The highest BCUT2D eigenvalue weighted by atomic mass is 16.5. The van der Waals surface area contributed by atoms with Crippen LogP contribution < -0.4 is 5.32 Å². The van der Waals surface area contributed by atoms with Gasteiger partial charge in [-0.1, -0.05) is 97.8 Å². The van der Waals surface area contributed by atoms with E-state index in [9.17, 15) is 9.59 Å². The number of rotatable bonds is 20. The Kier molecular flexibility index (Phi) is 19.4. The minimum Gasteiger partial charge on any atom is -0.464 e. The smallest absolute Gasteiger partial charge is 0.328 e. The Bertz CT molecular complexity index is 398. The van der Waals surface area contributed by atoms with Crippen LogP contribution in [0.5, 0.6) is 0 Å². The number of carbonyl (C=O) groups excluding carboxylic acids is 2. The fraction of sp³-hybridized carbons (Fsp3) is 0.917. The molecule has 29 heavy (non-hydrogen) atoms. The highest BCUT2D eigenvalue weighted by molar-refractivity contribution is 5.84. The molecular formula is C24H47NO4. The first-order chi connectivity index (χ1) is 14.0. The van der Waals surface area contributed by atoms with Gasteiger partial charge < -0.3 is 15.2 Å². The SMILES string of the molecule is CCCCCCCCCCCCCCCC(=O)NC(C(=O)OCCCO)C(C)C. The standard InChI is InChI=1S/C24H47NO4/c1-4-5-6-7-8-9-10-11-12-13-14-15-16-18-22(27)25-23(21(2)3)24(28)29-20-17-19-26/h21,23,26H,4-20H2,1-3H3,(H,25,27). The third-order valence-corrected chi connectivity index (χ3v) is 5.29. The minimum absolute atomic E-state index is 0.00890. The summed E-state index contributed by atoms with van der Waals surface area (Å²) < 4.78 is 5.12. The van der Waals surface area contributed by atoms with Crippen LogP contribution in [0.15, 0.2) is 0 Å². The summed E-state index contributed by atoms with van der Waals surface area (Å²) in [6.45, 7) is 6.22. The largest absolute Gasteiger partial charge is 0.464 e. The molecule has 0 aliphatic carbocycles. The Morgan fingerprint density at radius 1 is 0.793 bits per heavy atom. The lowest BCUT2D eigenvalue weighted by atomic mass is 10.0. The van der Waals surface area contributed by atoms with E-state index in [4.69, 9.17) is 9.84 Å². The van der Waals surface area contributed by atoms with Crippen molar-refractivity contribution >= 4 is 11.9 Å². The van der Waals surface area contributed by atoms with E-state index in [-0.39, 0.29) is 25.0 Å². The van der Waals surface area contributed by atoms with E-state index in [0.717, 1.165) is 12.8 Å². The van der Waals surface area contributed by atoms with Gasteiger partial charge in [0.25, 0.3) is 0 Å². The molecule has 0 aliphatic heterocycles. The second-order valence-electron chi connectivity index (χ2n) is 8.53. The number of nitrogens with one attached hydrogen (secondary N) is 1. The molecule has 5 nitrogen and oxygen atoms in total. The molecule has 0 aromatic carbocycles. The summed E-state index contributed by atoms with van der Waals surface area (Å²) in [5.74, 6) is -0.509. The van der Waals surface area contributed by atoms with Crippen molar-refractivity contribution in [2.45, 2.75) is 123 Å². The Balaban J connectivity index is 3.65. The van der Waals surface area contributed by atoms with Crippen molar-refractivity contribution in [3.63, 3.8) is 0 Å². The van der Waals surface area contributed by atoms with E-state index in [1.165, 1.54) is 70.6 Å². The predicted molar refractivity (Wildman–Crippen MR) is 120 cm³/mol. The highest BCUT2D eigenvalue weighted by Crippen LogP contribution is 2.13. The number of amides is 1. The number of hydrogen-bond acceptors (Lipinski definition) is 4. The molecule has 0 saturated heterocycles. The van der Waals surface area contributed by atoms with Crippen LogP contribution in [-0.4, -0.2) is 36.2 Å². The summed E-state index contributed by atoms with van der Waals surface area (Å²) in [4.78, 5) is 24.2. The molecule has 0 bridgehead atoms. The number of carbonyl (C=O) groups is 2. The lowest BCUT2D eigenvalue weighted by molar-refractivity contribution is -0.149. The van der Waals surface area contributed by atoms with E-state index in [1.807, 2.05) is 13.8 Å². The zero-order chi connectivity index (χ0) is 21.7. The molecule has 0 aliphatic rings. The van der Waals surface area contributed by atoms with Gasteiger partial charge in [0.05, 0.1) is 6.61 Å². The molecule has 5 heteroatoms. The van der Waals surface area contributed by atoms with Crippen LogP contribution in [0.2, 0.25) is 0 Å². The van der Waals surface area contributed by atoms with E-state index < -0.39 is 12.0 Å². The van der Waals surface area contributed by atoms with Gasteiger partial charge in [-0.25, -0.2) is 4.79 Å². The Hall–Kier alpha value is -1.10. The summed E-state index contributed by atoms with van der Waals surface area (Å²) in [6, 6.07) is -0.608. The average molecular weight is 414 g/mol. The van der Waals surface area contributed by atoms with Crippen LogP contribution in [0.4, 0.5) is 0 Å². The first kappa shape index (κ1) is 27.9. The van der Waals surface area contributed by atoms with Crippen molar-refractivity contribution in [2.24, 2.45) is 5.92 Å². The third kappa shape index (κ3) is 17.5. The number of aliphatic hydroxyl groups excluding tert-OH is 1. The van der Waals surface area contributed by atoms with Gasteiger partial charge in [0.15, 0.2) is 0 Å². The maximum Gasteiger partial charge on any atom is 0.328 e. The van der Waals surface area contributed by atoms with Gasteiger partial charge in [0.1, 0.15) is 6.04 Å². The van der Waals surface area contributed by atoms with Crippen LogP contribution in [-0.2, 0) is 14.3 Å².